The topological polar surface area (TPSA) is 66.5 Å². The van der Waals surface area contributed by atoms with Crippen molar-refractivity contribution in [1.82, 2.24) is 5.32 Å². The Balaban J connectivity index is 2.76. The predicted octanol–water partition coefficient (Wildman–Crippen LogP) is 4.18. The molecule has 0 aliphatic heterocycles. The van der Waals surface area contributed by atoms with Gasteiger partial charge in [-0.2, -0.15) is 0 Å². The van der Waals surface area contributed by atoms with Crippen LogP contribution in [-0.4, -0.2) is 32.7 Å². The van der Waals surface area contributed by atoms with Gasteiger partial charge in [-0.15, -0.1) is 0 Å². The molecule has 1 rings (SSSR count). The molecular formula is C21H36N2O3S. The van der Waals surface area contributed by atoms with Gasteiger partial charge in [0.2, 0.25) is 15.9 Å². The first-order valence-electron chi connectivity index (χ1n) is 9.47. The Morgan fingerprint density at radius 2 is 1.70 bits per heavy atom. The molecule has 154 valence electrons. The Kier molecular flexibility index (Phi) is 7.51. The van der Waals surface area contributed by atoms with Crippen LogP contribution in [0.2, 0.25) is 0 Å². The van der Waals surface area contributed by atoms with Crippen LogP contribution in [0.1, 0.15) is 65.0 Å². The number of aryl methyl sites for hydroxylation is 2. The van der Waals surface area contributed by atoms with Gasteiger partial charge >= 0.3 is 0 Å². The average Bonchev–Trinajstić information content (AvgIpc) is 2.42. The zero-order chi connectivity index (χ0) is 21.0. The van der Waals surface area contributed by atoms with Gasteiger partial charge in [0, 0.05) is 18.5 Å². The van der Waals surface area contributed by atoms with E-state index in [2.05, 4.69) is 26.1 Å². The summed E-state index contributed by atoms with van der Waals surface area (Å²) in [6, 6.07) is 5.76. The molecule has 0 heterocycles. The van der Waals surface area contributed by atoms with Crippen molar-refractivity contribution in [2.24, 2.45) is 5.41 Å². The normalized spacial score (nSPS) is 12.7. The summed E-state index contributed by atoms with van der Waals surface area (Å²) in [7, 11) is -3.41. The largest absolute Gasteiger partial charge is 0.351 e. The van der Waals surface area contributed by atoms with E-state index >= 15 is 0 Å². The van der Waals surface area contributed by atoms with Crippen molar-refractivity contribution >= 4 is 21.6 Å². The third-order valence-electron chi connectivity index (χ3n) is 4.25. The molecule has 0 fully saturated rings. The minimum atomic E-state index is -3.41. The summed E-state index contributed by atoms with van der Waals surface area (Å²) in [4.78, 5) is 12.4. The molecule has 1 amide bonds. The lowest BCUT2D eigenvalue weighted by molar-refractivity contribution is -0.123. The Morgan fingerprint density at radius 1 is 1.11 bits per heavy atom. The second-order valence-corrected chi connectivity index (χ2v) is 11.3. The summed E-state index contributed by atoms with van der Waals surface area (Å²) < 4.78 is 26.0. The molecule has 5 nitrogen and oxygen atoms in total. The number of hydrogen-bond donors (Lipinski definition) is 1. The first kappa shape index (κ1) is 23.5. The highest BCUT2D eigenvalue weighted by atomic mass is 32.2. The van der Waals surface area contributed by atoms with E-state index in [1.807, 2.05) is 45.9 Å². The van der Waals surface area contributed by atoms with E-state index in [1.165, 1.54) is 10.6 Å². The van der Waals surface area contributed by atoms with Crippen molar-refractivity contribution in [3.05, 3.63) is 29.3 Å². The maximum absolute atomic E-state index is 12.4. The fraction of sp³-hybridized carbons (Fsp3) is 0.667. The van der Waals surface area contributed by atoms with Gasteiger partial charge in [-0.1, -0.05) is 32.9 Å². The van der Waals surface area contributed by atoms with Crippen LogP contribution in [0, 0.1) is 19.3 Å². The van der Waals surface area contributed by atoms with Crippen molar-refractivity contribution in [3.8, 4) is 0 Å². The van der Waals surface area contributed by atoms with Gasteiger partial charge in [0.15, 0.2) is 0 Å². The Hall–Kier alpha value is -1.56. The van der Waals surface area contributed by atoms with E-state index in [-0.39, 0.29) is 23.4 Å². The van der Waals surface area contributed by atoms with Gasteiger partial charge in [0.25, 0.3) is 0 Å². The maximum atomic E-state index is 12.4. The quantitative estimate of drug-likeness (QED) is 0.717. The zero-order valence-electron chi connectivity index (χ0n) is 18.1. The smallest absolute Gasteiger partial charge is 0.232 e. The molecule has 0 saturated heterocycles. The van der Waals surface area contributed by atoms with E-state index in [0.717, 1.165) is 17.5 Å². The molecule has 27 heavy (non-hydrogen) atoms. The third-order valence-corrected chi connectivity index (χ3v) is 5.43. The first-order valence-corrected chi connectivity index (χ1v) is 11.3. The summed E-state index contributed by atoms with van der Waals surface area (Å²) in [5.41, 5.74) is 2.42. The molecular weight excluding hydrogens is 360 g/mol. The Labute approximate surface area is 165 Å². The number of nitrogens with one attached hydrogen (secondary N) is 1. The van der Waals surface area contributed by atoms with Gasteiger partial charge in [-0.05, 0) is 63.1 Å². The number of anilines is 1. The standard InChI is InChI=1S/C21H36N2O3S/c1-16-11-12-17(2)18(14-16)23(27(8,25)26)13-9-10-19(24)22-21(6,7)15-20(3,4)5/h11-12,14H,9-10,13,15H2,1-8H3,(H,22,24). The minimum absolute atomic E-state index is 0.0429. The second kappa shape index (κ2) is 8.63. The van der Waals surface area contributed by atoms with Crippen molar-refractivity contribution in [2.75, 3.05) is 17.1 Å². The van der Waals surface area contributed by atoms with Crippen LogP contribution in [0.25, 0.3) is 0 Å². The van der Waals surface area contributed by atoms with Crippen molar-refractivity contribution in [2.45, 2.75) is 73.3 Å². The molecule has 1 aromatic carbocycles. The van der Waals surface area contributed by atoms with E-state index in [0.29, 0.717) is 18.5 Å². The lowest BCUT2D eigenvalue weighted by Crippen LogP contribution is -2.46. The van der Waals surface area contributed by atoms with Crippen LogP contribution in [0.5, 0.6) is 0 Å². The Bertz CT molecular complexity index is 762. The lowest BCUT2D eigenvalue weighted by Gasteiger charge is -2.33. The number of hydrogen-bond acceptors (Lipinski definition) is 3. The minimum Gasteiger partial charge on any atom is -0.351 e. The van der Waals surface area contributed by atoms with Crippen LogP contribution >= 0.6 is 0 Å². The first-order chi connectivity index (χ1) is 12.1. The third kappa shape index (κ3) is 8.33. The van der Waals surface area contributed by atoms with Crippen LogP contribution in [0.15, 0.2) is 18.2 Å². The van der Waals surface area contributed by atoms with Crippen LogP contribution in [0.4, 0.5) is 5.69 Å². The van der Waals surface area contributed by atoms with Gasteiger partial charge in [-0.3, -0.25) is 9.10 Å². The fourth-order valence-electron chi connectivity index (χ4n) is 3.65. The summed E-state index contributed by atoms with van der Waals surface area (Å²) in [5.74, 6) is -0.0429. The number of amides is 1. The van der Waals surface area contributed by atoms with Crippen LogP contribution < -0.4 is 9.62 Å². The molecule has 6 heteroatoms. The number of carbonyl (C=O) groups excluding carboxylic acids is 1. The van der Waals surface area contributed by atoms with E-state index in [4.69, 9.17) is 0 Å². The average molecular weight is 397 g/mol. The lowest BCUT2D eigenvalue weighted by atomic mass is 9.82. The SMILES string of the molecule is Cc1ccc(C)c(N(CCCC(=O)NC(C)(C)CC(C)(C)C)S(C)(=O)=O)c1. The molecule has 0 atom stereocenters. The second-order valence-electron chi connectivity index (χ2n) is 9.40. The highest BCUT2D eigenvalue weighted by Gasteiger charge is 2.27. The molecule has 0 aliphatic carbocycles. The highest BCUT2D eigenvalue weighted by Crippen LogP contribution is 2.27. The summed E-state index contributed by atoms with van der Waals surface area (Å²) in [6.07, 6.45) is 2.84. The van der Waals surface area contributed by atoms with Crippen LogP contribution in [0.3, 0.4) is 0 Å². The van der Waals surface area contributed by atoms with Gasteiger partial charge in [0.1, 0.15) is 0 Å². The molecule has 0 aliphatic rings. The van der Waals surface area contributed by atoms with Gasteiger partial charge < -0.3 is 5.32 Å². The van der Waals surface area contributed by atoms with Gasteiger partial charge in [-0.25, -0.2) is 8.42 Å². The number of benzene rings is 1. The van der Waals surface area contributed by atoms with E-state index in [1.54, 1.807) is 0 Å². The molecule has 0 saturated carbocycles. The number of nitrogens with zero attached hydrogens (tertiary/aromatic N) is 1. The van der Waals surface area contributed by atoms with E-state index in [9.17, 15) is 13.2 Å². The Morgan fingerprint density at radius 3 is 2.22 bits per heavy atom. The van der Waals surface area contributed by atoms with E-state index < -0.39 is 10.0 Å². The number of rotatable bonds is 8. The van der Waals surface area contributed by atoms with Gasteiger partial charge in [0.05, 0.1) is 11.9 Å². The molecule has 0 bridgehead atoms. The molecule has 0 aromatic heterocycles. The van der Waals surface area contributed by atoms with Crippen molar-refractivity contribution in [1.29, 1.82) is 0 Å². The van der Waals surface area contributed by atoms with Crippen molar-refractivity contribution < 1.29 is 13.2 Å². The summed E-state index contributed by atoms with van der Waals surface area (Å²) in [5, 5.41) is 3.08. The maximum Gasteiger partial charge on any atom is 0.232 e. The molecule has 1 aromatic rings. The monoisotopic (exact) mass is 396 g/mol. The molecule has 0 spiro atoms. The predicted molar refractivity (Wildman–Crippen MR) is 114 cm³/mol. The van der Waals surface area contributed by atoms with Crippen LogP contribution in [-0.2, 0) is 14.8 Å². The molecule has 1 N–H and O–H groups in total. The molecule has 0 unspecified atom stereocenters. The van der Waals surface area contributed by atoms with Crippen molar-refractivity contribution in [3.63, 3.8) is 0 Å². The zero-order valence-corrected chi connectivity index (χ0v) is 19.0. The number of sulfonamides is 1. The fourth-order valence-corrected chi connectivity index (χ4v) is 4.66. The molecule has 0 radical (unpaired) electrons. The summed E-state index contributed by atoms with van der Waals surface area (Å²) in [6.45, 7) is 14.6. The summed E-state index contributed by atoms with van der Waals surface area (Å²) >= 11 is 0. The highest BCUT2D eigenvalue weighted by molar-refractivity contribution is 7.92. The number of carbonyl (C=O) groups is 1.